The normalized spacial score (nSPS) is 13.7. The first-order valence-corrected chi connectivity index (χ1v) is 12.7. The van der Waals surface area contributed by atoms with Gasteiger partial charge in [-0.3, -0.25) is 0 Å². The molecule has 0 fully saturated rings. The second-order valence-electron chi connectivity index (χ2n) is 9.92. The van der Waals surface area contributed by atoms with Crippen molar-refractivity contribution in [2.75, 3.05) is 0 Å². The van der Waals surface area contributed by atoms with Gasteiger partial charge in [-0.1, -0.05) is 90.0 Å². The molecule has 5 aromatic carbocycles. The van der Waals surface area contributed by atoms with Crippen LogP contribution < -0.4 is 0 Å². The Morgan fingerprint density at radius 2 is 1.17 bits per heavy atom. The van der Waals surface area contributed by atoms with Gasteiger partial charge < -0.3 is 0 Å². The van der Waals surface area contributed by atoms with E-state index in [-0.39, 0.29) is 0 Å². The van der Waals surface area contributed by atoms with Gasteiger partial charge in [0.15, 0.2) is 5.82 Å². The summed E-state index contributed by atoms with van der Waals surface area (Å²) in [7, 11) is 0. The zero-order valence-electron chi connectivity index (χ0n) is 20.5. The lowest BCUT2D eigenvalue weighted by Crippen LogP contribution is -1.99. The van der Waals surface area contributed by atoms with E-state index in [0.29, 0.717) is 0 Å². The third kappa shape index (κ3) is 3.33. The summed E-state index contributed by atoms with van der Waals surface area (Å²) in [6, 6.07) is 28.9. The lowest BCUT2D eigenvalue weighted by molar-refractivity contribution is 1.02. The highest BCUT2D eigenvalue weighted by molar-refractivity contribution is 6.27. The molecule has 2 heteroatoms. The third-order valence-electron chi connectivity index (χ3n) is 7.46. The molecule has 0 saturated heterocycles. The average Bonchev–Trinajstić information content (AvgIpc) is 2.92. The van der Waals surface area contributed by atoms with Gasteiger partial charge in [0.2, 0.25) is 0 Å². The van der Waals surface area contributed by atoms with Crippen molar-refractivity contribution in [2.45, 2.75) is 26.7 Å². The van der Waals surface area contributed by atoms with Crippen LogP contribution in [-0.4, -0.2) is 9.97 Å². The molecule has 6 aromatic rings. The van der Waals surface area contributed by atoms with E-state index in [2.05, 4.69) is 111 Å². The maximum absolute atomic E-state index is 5.07. The van der Waals surface area contributed by atoms with Crippen molar-refractivity contribution in [3.63, 3.8) is 0 Å². The SMILES string of the molecule is Cc1ccc(-c2cc(-c3ccc(C)cc3)c3ccc4nc(C5=CC=CCC5)nc5ccc2c3c54)cc1. The first kappa shape index (κ1) is 21.0. The van der Waals surface area contributed by atoms with Gasteiger partial charge in [-0.15, -0.1) is 0 Å². The minimum Gasteiger partial charge on any atom is -0.228 e. The van der Waals surface area contributed by atoms with E-state index in [4.69, 9.17) is 9.97 Å². The minimum atomic E-state index is 0.850. The van der Waals surface area contributed by atoms with E-state index in [0.717, 1.165) is 35.1 Å². The molecular formula is C34H26N2. The predicted octanol–water partition coefficient (Wildman–Crippen LogP) is 9.06. The van der Waals surface area contributed by atoms with E-state index in [1.54, 1.807) is 0 Å². The largest absolute Gasteiger partial charge is 0.228 e. The molecule has 0 atom stereocenters. The molecule has 0 unspecified atom stereocenters. The molecule has 0 radical (unpaired) electrons. The van der Waals surface area contributed by atoms with Crippen LogP contribution in [0.2, 0.25) is 0 Å². The fourth-order valence-electron chi connectivity index (χ4n) is 5.52. The topological polar surface area (TPSA) is 25.8 Å². The molecule has 0 spiro atoms. The van der Waals surface area contributed by atoms with Gasteiger partial charge >= 0.3 is 0 Å². The van der Waals surface area contributed by atoms with Crippen molar-refractivity contribution in [1.82, 2.24) is 9.97 Å². The molecule has 0 saturated carbocycles. The van der Waals surface area contributed by atoms with Crippen LogP contribution in [0.3, 0.4) is 0 Å². The first-order valence-electron chi connectivity index (χ1n) is 12.7. The Morgan fingerprint density at radius 3 is 1.67 bits per heavy atom. The molecular weight excluding hydrogens is 436 g/mol. The molecule has 7 rings (SSSR count). The molecule has 2 nitrogen and oxygen atoms in total. The van der Waals surface area contributed by atoms with Crippen LogP contribution in [0, 0.1) is 13.8 Å². The molecule has 0 amide bonds. The van der Waals surface area contributed by atoms with E-state index < -0.39 is 0 Å². The summed E-state index contributed by atoms with van der Waals surface area (Å²) in [5.41, 5.74) is 10.7. The number of nitrogens with zero attached hydrogens (tertiary/aromatic N) is 2. The molecule has 1 aromatic heterocycles. The fourth-order valence-corrected chi connectivity index (χ4v) is 5.52. The minimum absolute atomic E-state index is 0.850. The molecule has 1 aliphatic carbocycles. The summed E-state index contributed by atoms with van der Waals surface area (Å²) >= 11 is 0. The number of aromatic nitrogens is 2. The summed E-state index contributed by atoms with van der Waals surface area (Å²) in [5, 5.41) is 4.91. The van der Waals surface area contributed by atoms with E-state index in [1.807, 2.05) is 0 Å². The number of allylic oxidation sites excluding steroid dienone is 4. The molecule has 1 aliphatic rings. The van der Waals surface area contributed by atoms with Gasteiger partial charge in [0.25, 0.3) is 0 Å². The highest BCUT2D eigenvalue weighted by Crippen LogP contribution is 2.43. The number of hydrogen-bond acceptors (Lipinski definition) is 2. The Morgan fingerprint density at radius 1 is 0.611 bits per heavy atom. The van der Waals surface area contributed by atoms with Gasteiger partial charge in [0.1, 0.15) is 0 Å². The average molecular weight is 463 g/mol. The number of rotatable bonds is 3. The van der Waals surface area contributed by atoms with Crippen LogP contribution in [0.4, 0.5) is 0 Å². The van der Waals surface area contributed by atoms with Gasteiger partial charge in [0.05, 0.1) is 11.0 Å². The van der Waals surface area contributed by atoms with Crippen molar-refractivity contribution in [1.29, 1.82) is 0 Å². The molecule has 0 bridgehead atoms. The monoisotopic (exact) mass is 462 g/mol. The second-order valence-corrected chi connectivity index (χ2v) is 9.92. The zero-order chi connectivity index (χ0) is 24.2. The smallest absolute Gasteiger partial charge is 0.156 e. The van der Waals surface area contributed by atoms with E-state index in [9.17, 15) is 0 Å². The highest BCUT2D eigenvalue weighted by Gasteiger charge is 2.19. The molecule has 1 heterocycles. The fraction of sp³-hybridized carbons (Fsp3) is 0.118. The highest BCUT2D eigenvalue weighted by atomic mass is 14.9. The summed E-state index contributed by atoms with van der Waals surface area (Å²) < 4.78 is 0. The van der Waals surface area contributed by atoms with Crippen LogP contribution in [0.5, 0.6) is 0 Å². The van der Waals surface area contributed by atoms with Gasteiger partial charge in [-0.05, 0) is 83.5 Å². The van der Waals surface area contributed by atoms with Crippen LogP contribution in [0.1, 0.15) is 29.8 Å². The number of benzene rings is 5. The Hall–Kier alpha value is -4.30. The summed E-state index contributed by atoms with van der Waals surface area (Å²) in [6.45, 7) is 4.27. The standard InChI is InChI=1S/C34H26N2/c1-21-8-12-23(13-9-21)28-20-29(24-14-10-22(2)11-15-24)27-17-19-31-33-30(18-16-26(28)32(27)33)35-34(36-31)25-6-4-3-5-7-25/h3-4,6,8-20H,5,7H2,1-2H3. The Kier molecular flexibility index (Phi) is 4.75. The van der Waals surface area contributed by atoms with Crippen molar-refractivity contribution >= 4 is 38.2 Å². The first-order chi connectivity index (χ1) is 17.7. The number of aryl methyl sites for hydroxylation is 2. The molecule has 0 N–H and O–H groups in total. The van der Waals surface area contributed by atoms with Crippen molar-refractivity contribution < 1.29 is 0 Å². The lowest BCUT2D eigenvalue weighted by Gasteiger charge is -2.18. The summed E-state index contributed by atoms with van der Waals surface area (Å²) in [6.07, 6.45) is 8.50. The van der Waals surface area contributed by atoms with E-state index >= 15 is 0 Å². The molecule has 172 valence electrons. The molecule has 0 aliphatic heterocycles. The van der Waals surface area contributed by atoms with Crippen LogP contribution in [0.15, 0.2) is 97.1 Å². The quantitative estimate of drug-likeness (QED) is 0.245. The zero-order valence-corrected chi connectivity index (χ0v) is 20.5. The van der Waals surface area contributed by atoms with E-state index in [1.165, 1.54) is 55.1 Å². The van der Waals surface area contributed by atoms with Crippen LogP contribution in [0.25, 0.3) is 60.4 Å². The maximum Gasteiger partial charge on any atom is 0.156 e. The molecule has 36 heavy (non-hydrogen) atoms. The van der Waals surface area contributed by atoms with Crippen LogP contribution >= 0.6 is 0 Å². The van der Waals surface area contributed by atoms with Crippen molar-refractivity contribution in [3.8, 4) is 22.3 Å². The Bertz CT molecular complexity index is 1710. The third-order valence-corrected chi connectivity index (χ3v) is 7.46. The second kappa shape index (κ2) is 8.13. The van der Waals surface area contributed by atoms with Crippen molar-refractivity contribution in [2.24, 2.45) is 0 Å². The number of hydrogen-bond donors (Lipinski definition) is 0. The lowest BCUT2D eigenvalue weighted by atomic mass is 9.87. The van der Waals surface area contributed by atoms with Gasteiger partial charge in [-0.2, -0.15) is 0 Å². The predicted molar refractivity (Wildman–Crippen MR) is 152 cm³/mol. The van der Waals surface area contributed by atoms with Gasteiger partial charge in [0, 0.05) is 10.8 Å². The van der Waals surface area contributed by atoms with Gasteiger partial charge in [-0.25, -0.2) is 9.97 Å². The summed E-state index contributed by atoms with van der Waals surface area (Å²) in [5.74, 6) is 0.850. The Labute approximate surface area is 211 Å². The Balaban J connectivity index is 1.58. The summed E-state index contributed by atoms with van der Waals surface area (Å²) in [4.78, 5) is 10.1. The maximum atomic E-state index is 5.07. The van der Waals surface area contributed by atoms with Crippen molar-refractivity contribution in [3.05, 3.63) is 114 Å². The van der Waals surface area contributed by atoms with Crippen LogP contribution in [-0.2, 0) is 0 Å².